The third kappa shape index (κ3) is 4.15. The average Bonchev–Trinajstić information content (AvgIpc) is 3.39. The molecule has 1 saturated heterocycles. The predicted octanol–water partition coefficient (Wildman–Crippen LogP) is 3.91. The number of piperidine rings is 1. The highest BCUT2D eigenvalue weighted by Crippen LogP contribution is 2.59. The standard InChI is InChI=1S/C26H28N4O3/c1-17-7-6-10-20(28-17)16-27-24(31)21-15-26(21)11-13-30(14-12-26)25(32)22-18(2)33-29-23(22)19-8-4-3-5-9-19/h3-10,21H,11-16H2,1-2H3,(H,27,31). The summed E-state index contributed by atoms with van der Waals surface area (Å²) in [5.41, 5.74) is 3.83. The van der Waals surface area contributed by atoms with E-state index in [0.717, 1.165) is 36.2 Å². The highest BCUT2D eigenvalue weighted by atomic mass is 16.5. The summed E-state index contributed by atoms with van der Waals surface area (Å²) < 4.78 is 5.38. The molecule has 170 valence electrons. The predicted molar refractivity (Wildman–Crippen MR) is 123 cm³/mol. The molecule has 1 N–H and O–H groups in total. The first-order valence-electron chi connectivity index (χ1n) is 11.5. The third-order valence-corrected chi connectivity index (χ3v) is 7.07. The first-order valence-corrected chi connectivity index (χ1v) is 11.5. The van der Waals surface area contributed by atoms with Crippen molar-refractivity contribution in [3.8, 4) is 11.3 Å². The summed E-state index contributed by atoms with van der Waals surface area (Å²) in [4.78, 5) is 32.4. The molecular formula is C26H28N4O3. The molecule has 2 fully saturated rings. The summed E-state index contributed by atoms with van der Waals surface area (Å²) >= 11 is 0. The Labute approximate surface area is 193 Å². The van der Waals surface area contributed by atoms with Crippen LogP contribution in [0.3, 0.4) is 0 Å². The summed E-state index contributed by atoms with van der Waals surface area (Å²) in [6.45, 7) is 5.46. The quantitative estimate of drug-likeness (QED) is 0.645. The molecule has 1 unspecified atom stereocenters. The van der Waals surface area contributed by atoms with Crippen molar-refractivity contribution in [2.75, 3.05) is 13.1 Å². The van der Waals surface area contributed by atoms with Crippen LogP contribution in [0.5, 0.6) is 0 Å². The monoisotopic (exact) mass is 444 g/mol. The third-order valence-electron chi connectivity index (χ3n) is 7.07. The maximum absolute atomic E-state index is 13.3. The van der Waals surface area contributed by atoms with Gasteiger partial charge in [0.2, 0.25) is 5.91 Å². The average molecular weight is 445 g/mol. The van der Waals surface area contributed by atoms with Gasteiger partial charge in [-0.05, 0) is 50.7 Å². The van der Waals surface area contributed by atoms with Crippen LogP contribution < -0.4 is 5.32 Å². The van der Waals surface area contributed by atoms with Gasteiger partial charge >= 0.3 is 0 Å². The molecule has 33 heavy (non-hydrogen) atoms. The molecule has 1 aliphatic heterocycles. The van der Waals surface area contributed by atoms with E-state index < -0.39 is 0 Å². The Bertz CT molecular complexity index is 1180. The van der Waals surface area contributed by atoms with Crippen molar-refractivity contribution in [1.29, 1.82) is 0 Å². The van der Waals surface area contributed by atoms with E-state index in [0.29, 0.717) is 36.7 Å². The number of likely N-dealkylation sites (tertiary alicyclic amines) is 1. The minimum atomic E-state index is -0.0466. The van der Waals surface area contributed by atoms with Gasteiger partial charge in [-0.2, -0.15) is 0 Å². The normalized spacial score (nSPS) is 18.8. The summed E-state index contributed by atoms with van der Waals surface area (Å²) in [7, 11) is 0. The van der Waals surface area contributed by atoms with Gasteiger partial charge in [-0.1, -0.05) is 41.6 Å². The van der Waals surface area contributed by atoms with Gasteiger partial charge in [0.05, 0.1) is 12.2 Å². The Balaban J connectivity index is 1.20. The van der Waals surface area contributed by atoms with Gasteiger partial charge in [0.1, 0.15) is 17.0 Å². The van der Waals surface area contributed by atoms with E-state index in [4.69, 9.17) is 4.52 Å². The van der Waals surface area contributed by atoms with Gasteiger partial charge in [-0.15, -0.1) is 0 Å². The Hall–Kier alpha value is -3.48. The van der Waals surface area contributed by atoms with E-state index in [-0.39, 0.29) is 23.1 Å². The molecule has 1 aromatic carbocycles. The number of carbonyl (C=O) groups is 2. The maximum Gasteiger partial charge on any atom is 0.259 e. The zero-order valence-electron chi connectivity index (χ0n) is 19.0. The van der Waals surface area contributed by atoms with Gasteiger partial charge in [0.25, 0.3) is 5.91 Å². The number of hydrogen-bond acceptors (Lipinski definition) is 5. The molecular weight excluding hydrogens is 416 g/mol. The Morgan fingerprint density at radius 2 is 1.85 bits per heavy atom. The molecule has 3 aromatic rings. The molecule has 2 aromatic heterocycles. The van der Waals surface area contributed by atoms with Crippen molar-refractivity contribution in [2.45, 2.75) is 39.7 Å². The second-order valence-electron chi connectivity index (χ2n) is 9.23. The van der Waals surface area contributed by atoms with Crippen LogP contribution in [0.25, 0.3) is 11.3 Å². The lowest BCUT2D eigenvalue weighted by atomic mass is 9.90. The fourth-order valence-corrected chi connectivity index (χ4v) is 5.00. The molecule has 7 heteroatoms. The molecule has 2 amide bonds. The SMILES string of the molecule is Cc1cccc(CNC(=O)C2CC23CCN(C(=O)c2c(-c4ccccc4)noc2C)CC3)n1. The zero-order chi connectivity index (χ0) is 23.0. The minimum Gasteiger partial charge on any atom is -0.360 e. The number of rotatable bonds is 5. The summed E-state index contributed by atoms with van der Waals surface area (Å²) in [6.07, 6.45) is 2.57. The van der Waals surface area contributed by atoms with Crippen LogP contribution in [-0.4, -0.2) is 39.9 Å². The molecule has 3 heterocycles. The van der Waals surface area contributed by atoms with Crippen LogP contribution in [0.1, 0.15) is 46.8 Å². The number of benzene rings is 1. The Kier molecular flexibility index (Phi) is 5.48. The van der Waals surface area contributed by atoms with E-state index in [1.54, 1.807) is 6.92 Å². The highest BCUT2D eigenvalue weighted by molar-refractivity contribution is 6.00. The number of pyridine rings is 1. The smallest absolute Gasteiger partial charge is 0.259 e. The molecule has 1 atom stereocenters. The topological polar surface area (TPSA) is 88.3 Å². The van der Waals surface area contributed by atoms with Crippen LogP contribution in [0.2, 0.25) is 0 Å². The zero-order valence-corrected chi connectivity index (χ0v) is 19.0. The van der Waals surface area contributed by atoms with E-state index in [1.807, 2.05) is 60.4 Å². The number of nitrogens with zero attached hydrogens (tertiary/aromatic N) is 3. The van der Waals surface area contributed by atoms with Gasteiger partial charge in [0.15, 0.2) is 0 Å². The van der Waals surface area contributed by atoms with E-state index in [9.17, 15) is 9.59 Å². The van der Waals surface area contributed by atoms with E-state index in [1.165, 1.54) is 0 Å². The molecule has 2 aliphatic rings. The van der Waals surface area contributed by atoms with Crippen molar-refractivity contribution < 1.29 is 14.1 Å². The molecule has 0 radical (unpaired) electrons. The number of aryl methyl sites for hydroxylation is 2. The Morgan fingerprint density at radius 1 is 1.09 bits per heavy atom. The van der Waals surface area contributed by atoms with Crippen molar-refractivity contribution in [3.63, 3.8) is 0 Å². The largest absolute Gasteiger partial charge is 0.360 e. The minimum absolute atomic E-state index is 0.0207. The van der Waals surface area contributed by atoms with Crippen LogP contribution in [0.4, 0.5) is 0 Å². The number of nitrogens with one attached hydrogen (secondary N) is 1. The van der Waals surface area contributed by atoms with Crippen LogP contribution >= 0.6 is 0 Å². The van der Waals surface area contributed by atoms with Gasteiger partial charge in [-0.3, -0.25) is 14.6 Å². The molecule has 0 bridgehead atoms. The number of carbonyl (C=O) groups excluding carboxylic acids is 2. The fourth-order valence-electron chi connectivity index (χ4n) is 5.00. The van der Waals surface area contributed by atoms with E-state index >= 15 is 0 Å². The highest BCUT2D eigenvalue weighted by Gasteiger charge is 2.58. The second-order valence-corrected chi connectivity index (χ2v) is 9.23. The van der Waals surface area contributed by atoms with Crippen LogP contribution in [-0.2, 0) is 11.3 Å². The maximum atomic E-state index is 13.3. The summed E-state index contributed by atoms with van der Waals surface area (Å²) in [6, 6.07) is 15.5. The lowest BCUT2D eigenvalue weighted by molar-refractivity contribution is -0.123. The number of hydrogen-bond donors (Lipinski definition) is 1. The van der Waals surface area contributed by atoms with Gasteiger partial charge in [-0.25, -0.2) is 0 Å². The first kappa shape index (κ1) is 21.4. The molecule has 5 rings (SSSR count). The summed E-state index contributed by atoms with van der Waals surface area (Å²) in [5.74, 6) is 0.610. The molecule has 1 spiro atoms. The number of amides is 2. The van der Waals surface area contributed by atoms with Crippen LogP contribution in [0.15, 0.2) is 53.1 Å². The van der Waals surface area contributed by atoms with Crippen molar-refractivity contribution in [3.05, 3.63) is 71.2 Å². The second kappa shape index (κ2) is 8.46. The van der Waals surface area contributed by atoms with Gasteiger partial charge in [0, 0.05) is 30.3 Å². The van der Waals surface area contributed by atoms with Gasteiger partial charge < -0.3 is 14.7 Å². The van der Waals surface area contributed by atoms with Crippen molar-refractivity contribution in [1.82, 2.24) is 20.4 Å². The van der Waals surface area contributed by atoms with Crippen molar-refractivity contribution in [2.24, 2.45) is 11.3 Å². The van der Waals surface area contributed by atoms with Crippen molar-refractivity contribution >= 4 is 11.8 Å². The fraction of sp³-hybridized carbons (Fsp3) is 0.385. The van der Waals surface area contributed by atoms with Crippen LogP contribution in [0, 0.1) is 25.2 Å². The first-order chi connectivity index (χ1) is 16.0. The molecule has 7 nitrogen and oxygen atoms in total. The lowest BCUT2D eigenvalue weighted by Crippen LogP contribution is -2.41. The lowest BCUT2D eigenvalue weighted by Gasteiger charge is -2.33. The molecule has 1 aliphatic carbocycles. The summed E-state index contributed by atoms with van der Waals surface area (Å²) in [5, 5.41) is 7.19. The van der Waals surface area contributed by atoms with E-state index in [2.05, 4.69) is 15.5 Å². The number of aromatic nitrogens is 2. The molecule has 1 saturated carbocycles. The Morgan fingerprint density at radius 3 is 2.58 bits per heavy atom.